The van der Waals surface area contributed by atoms with Crippen LogP contribution in [0.2, 0.25) is 0 Å². The molecule has 0 amide bonds. The van der Waals surface area contributed by atoms with Gasteiger partial charge in [-0.05, 0) is 13.3 Å². The fourth-order valence-electron chi connectivity index (χ4n) is 2.00. The number of ether oxygens (including phenoxy) is 2. The molecule has 18 heavy (non-hydrogen) atoms. The fourth-order valence-corrected chi connectivity index (χ4v) is 2.00. The maximum absolute atomic E-state index is 5.92. The fraction of sp³-hybridized carbons (Fsp3) is 0.692. The summed E-state index contributed by atoms with van der Waals surface area (Å²) in [5.74, 6) is 2.37. The van der Waals surface area contributed by atoms with E-state index in [2.05, 4.69) is 22.2 Å². The third-order valence-electron chi connectivity index (χ3n) is 3.02. The minimum atomic E-state index is 0.123. The summed E-state index contributed by atoms with van der Waals surface area (Å²) >= 11 is 0. The Morgan fingerprint density at radius 1 is 1.44 bits per heavy atom. The van der Waals surface area contributed by atoms with Crippen LogP contribution in [0.4, 0.5) is 5.82 Å². The van der Waals surface area contributed by atoms with Gasteiger partial charge in [0, 0.05) is 19.9 Å². The van der Waals surface area contributed by atoms with Gasteiger partial charge >= 0.3 is 0 Å². The Hall–Kier alpha value is -1.36. The third-order valence-corrected chi connectivity index (χ3v) is 3.02. The van der Waals surface area contributed by atoms with Crippen LogP contribution in [0.1, 0.15) is 31.2 Å². The summed E-state index contributed by atoms with van der Waals surface area (Å²) < 4.78 is 11.2. The molecule has 5 nitrogen and oxygen atoms in total. The molecule has 2 rings (SSSR count). The van der Waals surface area contributed by atoms with Crippen LogP contribution < -0.4 is 10.1 Å². The van der Waals surface area contributed by atoms with E-state index in [0.29, 0.717) is 12.5 Å². The standard InChI is InChI=1S/C13H21N3O2/c1-4-5-11-15-12(14-3)9(2)13(16-11)18-10-6-7-17-8-10/h10H,4-8H2,1-3H3,(H,14,15,16). The summed E-state index contributed by atoms with van der Waals surface area (Å²) in [6.07, 6.45) is 2.95. The smallest absolute Gasteiger partial charge is 0.222 e. The predicted molar refractivity (Wildman–Crippen MR) is 70.2 cm³/mol. The Labute approximate surface area is 108 Å². The molecule has 0 radical (unpaired) electrons. The first kappa shape index (κ1) is 13.1. The molecule has 0 spiro atoms. The Kier molecular flexibility index (Phi) is 4.36. The molecule has 1 fully saturated rings. The number of rotatable bonds is 5. The van der Waals surface area contributed by atoms with Crippen molar-refractivity contribution in [3.8, 4) is 5.88 Å². The number of anilines is 1. The van der Waals surface area contributed by atoms with Gasteiger partial charge in [-0.15, -0.1) is 0 Å². The van der Waals surface area contributed by atoms with E-state index in [1.54, 1.807) is 0 Å². The zero-order chi connectivity index (χ0) is 13.0. The van der Waals surface area contributed by atoms with E-state index in [-0.39, 0.29) is 6.10 Å². The molecule has 0 saturated carbocycles. The van der Waals surface area contributed by atoms with E-state index in [4.69, 9.17) is 9.47 Å². The SMILES string of the molecule is CCCc1nc(NC)c(C)c(OC2CCOC2)n1. The summed E-state index contributed by atoms with van der Waals surface area (Å²) in [5, 5.41) is 3.10. The van der Waals surface area contributed by atoms with Gasteiger partial charge in [0.1, 0.15) is 17.7 Å². The van der Waals surface area contributed by atoms with Crippen molar-refractivity contribution in [3.05, 3.63) is 11.4 Å². The van der Waals surface area contributed by atoms with Crippen LogP contribution in [0.15, 0.2) is 0 Å². The van der Waals surface area contributed by atoms with Crippen LogP contribution in [0.25, 0.3) is 0 Å². The van der Waals surface area contributed by atoms with Gasteiger partial charge in [0.2, 0.25) is 5.88 Å². The lowest BCUT2D eigenvalue weighted by atomic mass is 10.2. The molecule has 0 aliphatic carbocycles. The molecule has 5 heteroatoms. The highest BCUT2D eigenvalue weighted by Crippen LogP contribution is 2.24. The van der Waals surface area contributed by atoms with E-state index in [1.807, 2.05) is 14.0 Å². The first-order valence-corrected chi connectivity index (χ1v) is 6.54. The second-order valence-corrected chi connectivity index (χ2v) is 4.52. The van der Waals surface area contributed by atoms with Gasteiger partial charge in [-0.2, -0.15) is 4.98 Å². The molecule has 2 heterocycles. The average Bonchev–Trinajstić information content (AvgIpc) is 2.86. The molecule has 1 aliphatic rings. The first-order chi connectivity index (χ1) is 8.74. The molecule has 1 saturated heterocycles. The number of hydrogen-bond donors (Lipinski definition) is 1. The summed E-state index contributed by atoms with van der Waals surface area (Å²) in [5.41, 5.74) is 0.962. The second kappa shape index (κ2) is 6.00. The maximum Gasteiger partial charge on any atom is 0.222 e. The monoisotopic (exact) mass is 251 g/mol. The largest absolute Gasteiger partial charge is 0.471 e. The third kappa shape index (κ3) is 2.90. The van der Waals surface area contributed by atoms with Crippen LogP contribution in [0.3, 0.4) is 0 Å². The molecule has 0 bridgehead atoms. The maximum atomic E-state index is 5.92. The molecular weight excluding hydrogens is 230 g/mol. The Bertz CT molecular complexity index is 403. The number of aryl methyl sites for hydroxylation is 1. The van der Waals surface area contributed by atoms with E-state index >= 15 is 0 Å². The number of nitrogens with zero attached hydrogens (tertiary/aromatic N) is 2. The number of hydrogen-bond acceptors (Lipinski definition) is 5. The lowest BCUT2D eigenvalue weighted by Crippen LogP contribution is -2.18. The normalized spacial score (nSPS) is 18.9. The number of aromatic nitrogens is 2. The number of nitrogens with one attached hydrogen (secondary N) is 1. The zero-order valence-electron chi connectivity index (χ0n) is 11.3. The van der Waals surface area contributed by atoms with Crippen LogP contribution in [-0.4, -0.2) is 36.3 Å². The van der Waals surface area contributed by atoms with Crippen LogP contribution in [-0.2, 0) is 11.2 Å². The first-order valence-electron chi connectivity index (χ1n) is 6.54. The summed E-state index contributed by atoms with van der Waals surface area (Å²) in [6.45, 7) is 5.53. The topological polar surface area (TPSA) is 56.3 Å². The highest BCUT2D eigenvalue weighted by atomic mass is 16.5. The molecule has 1 N–H and O–H groups in total. The van der Waals surface area contributed by atoms with Gasteiger partial charge in [-0.3, -0.25) is 0 Å². The quantitative estimate of drug-likeness (QED) is 0.866. The van der Waals surface area contributed by atoms with Crippen molar-refractivity contribution in [2.24, 2.45) is 0 Å². The van der Waals surface area contributed by atoms with Gasteiger partial charge in [-0.1, -0.05) is 6.92 Å². The Morgan fingerprint density at radius 2 is 2.28 bits per heavy atom. The molecule has 100 valence electrons. The predicted octanol–water partition coefficient (Wildman–Crippen LogP) is 1.95. The van der Waals surface area contributed by atoms with Crippen molar-refractivity contribution in [3.63, 3.8) is 0 Å². The highest BCUT2D eigenvalue weighted by Gasteiger charge is 2.20. The zero-order valence-corrected chi connectivity index (χ0v) is 11.3. The highest BCUT2D eigenvalue weighted by molar-refractivity contribution is 5.48. The molecular formula is C13H21N3O2. The van der Waals surface area contributed by atoms with Crippen LogP contribution >= 0.6 is 0 Å². The van der Waals surface area contributed by atoms with Crippen molar-refractivity contribution in [2.75, 3.05) is 25.6 Å². The van der Waals surface area contributed by atoms with Gasteiger partial charge in [0.25, 0.3) is 0 Å². The van der Waals surface area contributed by atoms with Crippen molar-refractivity contribution < 1.29 is 9.47 Å². The van der Waals surface area contributed by atoms with Crippen molar-refractivity contribution in [1.29, 1.82) is 0 Å². The van der Waals surface area contributed by atoms with Crippen LogP contribution in [0, 0.1) is 6.92 Å². The molecule has 1 aromatic heterocycles. The van der Waals surface area contributed by atoms with Gasteiger partial charge < -0.3 is 14.8 Å². The molecule has 1 aromatic rings. The van der Waals surface area contributed by atoms with Crippen LogP contribution in [0.5, 0.6) is 5.88 Å². The van der Waals surface area contributed by atoms with Crippen molar-refractivity contribution in [2.45, 2.75) is 39.2 Å². The van der Waals surface area contributed by atoms with E-state index in [9.17, 15) is 0 Å². The Morgan fingerprint density at radius 3 is 2.89 bits per heavy atom. The van der Waals surface area contributed by atoms with E-state index in [1.165, 1.54) is 0 Å². The van der Waals surface area contributed by atoms with Gasteiger partial charge in [-0.25, -0.2) is 4.98 Å². The average molecular weight is 251 g/mol. The second-order valence-electron chi connectivity index (χ2n) is 4.52. The van der Waals surface area contributed by atoms with Crippen molar-refractivity contribution in [1.82, 2.24) is 9.97 Å². The lowest BCUT2D eigenvalue weighted by Gasteiger charge is -2.16. The molecule has 1 aliphatic heterocycles. The summed E-state index contributed by atoms with van der Waals surface area (Å²) in [7, 11) is 1.87. The van der Waals surface area contributed by atoms with E-state index < -0.39 is 0 Å². The summed E-state index contributed by atoms with van der Waals surface area (Å²) in [4.78, 5) is 8.99. The van der Waals surface area contributed by atoms with E-state index in [0.717, 1.165) is 43.1 Å². The molecule has 1 unspecified atom stereocenters. The van der Waals surface area contributed by atoms with Gasteiger partial charge in [0.05, 0.1) is 18.8 Å². The molecule has 0 aromatic carbocycles. The lowest BCUT2D eigenvalue weighted by molar-refractivity contribution is 0.137. The minimum absolute atomic E-state index is 0.123. The van der Waals surface area contributed by atoms with Gasteiger partial charge in [0.15, 0.2) is 0 Å². The minimum Gasteiger partial charge on any atom is -0.471 e. The van der Waals surface area contributed by atoms with Crippen molar-refractivity contribution >= 4 is 5.82 Å². The molecule has 1 atom stereocenters. The summed E-state index contributed by atoms with van der Waals surface area (Å²) in [6, 6.07) is 0. The Balaban J connectivity index is 2.22.